The highest BCUT2D eigenvalue weighted by atomic mass is 16.2. The molecule has 0 rings (SSSR count). The van der Waals surface area contributed by atoms with Gasteiger partial charge in [0, 0.05) is 12.5 Å². The molecule has 0 bridgehead atoms. The quantitative estimate of drug-likeness (QED) is 0.216. The van der Waals surface area contributed by atoms with E-state index >= 15 is 0 Å². The lowest BCUT2D eigenvalue weighted by Crippen LogP contribution is -2.53. The molecule has 134 valence electrons. The van der Waals surface area contributed by atoms with Crippen LogP contribution in [0.1, 0.15) is 47.5 Å². The molecule has 0 aromatic rings. The summed E-state index contributed by atoms with van der Waals surface area (Å²) in [5.41, 5.74) is 5.23. The van der Waals surface area contributed by atoms with E-state index in [4.69, 9.17) is 11.1 Å². The minimum absolute atomic E-state index is 0.0279. The van der Waals surface area contributed by atoms with Crippen LogP contribution in [0.5, 0.6) is 0 Å². The van der Waals surface area contributed by atoms with Crippen molar-refractivity contribution in [2.45, 2.75) is 59.5 Å². The number of rotatable bonds is 11. The van der Waals surface area contributed by atoms with E-state index < -0.39 is 6.04 Å². The van der Waals surface area contributed by atoms with Crippen molar-refractivity contribution < 1.29 is 9.59 Å². The van der Waals surface area contributed by atoms with E-state index in [-0.39, 0.29) is 35.5 Å². The second-order valence-corrected chi connectivity index (χ2v) is 6.38. The normalized spacial score (nSPS) is 13.7. The molecule has 7 nitrogen and oxygen atoms in total. The summed E-state index contributed by atoms with van der Waals surface area (Å²) >= 11 is 0. The van der Waals surface area contributed by atoms with Gasteiger partial charge in [-0.2, -0.15) is 0 Å². The molecule has 0 aromatic heterocycles. The monoisotopic (exact) mass is 327 g/mol. The number of likely N-dealkylation sites (N-methyl/N-ethyl adjacent to an activating group) is 1. The van der Waals surface area contributed by atoms with Crippen molar-refractivity contribution in [1.82, 2.24) is 16.0 Å². The van der Waals surface area contributed by atoms with E-state index in [1.165, 1.54) is 0 Å². The lowest BCUT2D eigenvalue weighted by Gasteiger charge is -2.25. The number of amides is 1. The number of nitrogens with two attached hydrogens (primary N) is 1. The number of Topliss-reactive ketones (excluding diaryl/α,β-unsaturated/α-hetero) is 1. The zero-order chi connectivity index (χ0) is 18.0. The summed E-state index contributed by atoms with van der Waals surface area (Å²) in [6, 6.07) is -0.811. The van der Waals surface area contributed by atoms with Crippen LogP contribution < -0.4 is 21.7 Å². The van der Waals surface area contributed by atoms with Gasteiger partial charge in [0.05, 0.1) is 12.1 Å². The summed E-state index contributed by atoms with van der Waals surface area (Å²) < 4.78 is 0. The van der Waals surface area contributed by atoms with Crippen LogP contribution in [0.2, 0.25) is 0 Å². The largest absolute Gasteiger partial charge is 0.370 e. The zero-order valence-electron chi connectivity index (χ0n) is 15.0. The molecule has 0 aliphatic rings. The van der Waals surface area contributed by atoms with Crippen LogP contribution in [0.25, 0.3) is 0 Å². The Labute approximate surface area is 139 Å². The molecule has 6 N–H and O–H groups in total. The lowest BCUT2D eigenvalue weighted by atomic mass is 9.96. The third kappa shape index (κ3) is 8.54. The summed E-state index contributed by atoms with van der Waals surface area (Å²) in [4.78, 5) is 24.8. The van der Waals surface area contributed by atoms with Gasteiger partial charge in [0.15, 0.2) is 11.7 Å². The molecule has 0 aliphatic carbocycles. The molecule has 0 unspecified atom stereocenters. The van der Waals surface area contributed by atoms with Gasteiger partial charge in [0.25, 0.3) is 0 Å². The first-order valence-corrected chi connectivity index (χ1v) is 8.36. The smallest absolute Gasteiger partial charge is 0.237 e. The summed E-state index contributed by atoms with van der Waals surface area (Å²) in [6.45, 7) is 10.8. The van der Waals surface area contributed by atoms with E-state index in [0.717, 1.165) is 0 Å². The molecule has 0 saturated heterocycles. The maximum absolute atomic E-state index is 12.5. The summed E-state index contributed by atoms with van der Waals surface area (Å²) in [5, 5.41) is 15.9. The Kier molecular flexibility index (Phi) is 10.2. The average Bonchev–Trinajstić information content (AvgIpc) is 2.46. The number of hydrogen-bond donors (Lipinski definition) is 5. The number of guanidine groups is 1. The van der Waals surface area contributed by atoms with Crippen molar-refractivity contribution in [3.8, 4) is 0 Å². The van der Waals surface area contributed by atoms with E-state index in [2.05, 4.69) is 16.0 Å². The van der Waals surface area contributed by atoms with Crippen LogP contribution in [0.4, 0.5) is 0 Å². The lowest BCUT2D eigenvalue weighted by molar-refractivity contribution is -0.131. The Morgan fingerprint density at radius 1 is 1.17 bits per heavy atom. The van der Waals surface area contributed by atoms with Crippen LogP contribution in [-0.4, -0.2) is 42.8 Å². The summed E-state index contributed by atoms with van der Waals surface area (Å²) in [7, 11) is 0. The molecule has 23 heavy (non-hydrogen) atoms. The highest BCUT2D eigenvalue weighted by Gasteiger charge is 2.27. The SMILES string of the molecule is CCN[C@H](C(=O)N[C@@H](CCCNC(=N)N)C(=O)C(C)C)C(C)C. The Morgan fingerprint density at radius 3 is 2.22 bits per heavy atom. The van der Waals surface area contributed by atoms with E-state index in [1.807, 2.05) is 34.6 Å². The van der Waals surface area contributed by atoms with E-state index in [1.54, 1.807) is 0 Å². The highest BCUT2D eigenvalue weighted by molar-refractivity contribution is 5.91. The number of nitrogens with one attached hydrogen (secondary N) is 4. The maximum Gasteiger partial charge on any atom is 0.237 e. The molecule has 0 radical (unpaired) electrons. The van der Waals surface area contributed by atoms with Gasteiger partial charge < -0.3 is 21.7 Å². The summed E-state index contributed by atoms with van der Waals surface area (Å²) in [6.07, 6.45) is 1.18. The number of ketones is 1. The predicted octanol–water partition coefficient (Wildman–Crippen LogP) is 0.594. The van der Waals surface area contributed by atoms with Crippen LogP contribution in [-0.2, 0) is 9.59 Å². The van der Waals surface area contributed by atoms with Crippen molar-refractivity contribution in [3.05, 3.63) is 0 Å². The molecular formula is C16H33N5O2. The van der Waals surface area contributed by atoms with Crippen LogP contribution in [0, 0.1) is 17.2 Å². The fourth-order valence-corrected chi connectivity index (χ4v) is 2.33. The maximum atomic E-state index is 12.5. The van der Waals surface area contributed by atoms with Gasteiger partial charge in [-0.1, -0.05) is 34.6 Å². The van der Waals surface area contributed by atoms with Crippen molar-refractivity contribution in [2.24, 2.45) is 17.6 Å². The van der Waals surface area contributed by atoms with Gasteiger partial charge >= 0.3 is 0 Å². The molecule has 7 heteroatoms. The third-order valence-corrected chi connectivity index (χ3v) is 3.59. The summed E-state index contributed by atoms with van der Waals surface area (Å²) in [5.74, 6) is -0.199. The Hall–Kier alpha value is -1.63. The molecule has 0 fully saturated rings. The first kappa shape index (κ1) is 21.4. The van der Waals surface area contributed by atoms with Crippen molar-refractivity contribution in [3.63, 3.8) is 0 Å². The van der Waals surface area contributed by atoms with Gasteiger partial charge in [-0.05, 0) is 25.3 Å². The minimum atomic E-state index is -0.504. The Balaban J connectivity index is 4.76. The second-order valence-electron chi connectivity index (χ2n) is 6.38. The Bertz CT molecular complexity index is 396. The molecule has 0 aromatic carbocycles. The van der Waals surface area contributed by atoms with Gasteiger partial charge in [0.2, 0.25) is 5.91 Å². The van der Waals surface area contributed by atoms with Crippen LogP contribution in [0.3, 0.4) is 0 Å². The van der Waals surface area contributed by atoms with Gasteiger partial charge in [0.1, 0.15) is 0 Å². The highest BCUT2D eigenvalue weighted by Crippen LogP contribution is 2.08. The van der Waals surface area contributed by atoms with Gasteiger partial charge in [-0.3, -0.25) is 15.0 Å². The minimum Gasteiger partial charge on any atom is -0.370 e. The number of carbonyl (C=O) groups excluding carboxylic acids is 2. The number of carbonyl (C=O) groups is 2. The molecule has 2 atom stereocenters. The zero-order valence-corrected chi connectivity index (χ0v) is 15.0. The Morgan fingerprint density at radius 2 is 1.78 bits per heavy atom. The third-order valence-electron chi connectivity index (χ3n) is 3.59. The standard InChI is InChI=1S/C16H33N5O2/c1-6-19-13(10(2)3)15(23)21-12(14(22)11(4)5)8-7-9-20-16(17)18/h10-13,19H,6-9H2,1-5H3,(H,21,23)(H4,17,18,20)/t12-,13-/m0/s1. The van der Waals surface area contributed by atoms with Crippen molar-refractivity contribution in [2.75, 3.05) is 13.1 Å². The van der Waals surface area contributed by atoms with Crippen molar-refractivity contribution >= 4 is 17.6 Å². The van der Waals surface area contributed by atoms with Gasteiger partial charge in [-0.25, -0.2) is 0 Å². The molecule has 0 aliphatic heterocycles. The molecule has 0 spiro atoms. The second kappa shape index (κ2) is 11.0. The average molecular weight is 327 g/mol. The molecule has 0 saturated carbocycles. The molecular weight excluding hydrogens is 294 g/mol. The van der Waals surface area contributed by atoms with Crippen molar-refractivity contribution in [1.29, 1.82) is 5.41 Å². The number of hydrogen-bond acceptors (Lipinski definition) is 4. The molecule has 0 heterocycles. The van der Waals surface area contributed by atoms with E-state index in [0.29, 0.717) is 25.9 Å². The fourth-order valence-electron chi connectivity index (χ4n) is 2.33. The first-order valence-electron chi connectivity index (χ1n) is 8.36. The van der Waals surface area contributed by atoms with E-state index in [9.17, 15) is 9.59 Å². The predicted molar refractivity (Wildman–Crippen MR) is 93.2 cm³/mol. The first-order chi connectivity index (χ1) is 10.7. The topological polar surface area (TPSA) is 120 Å². The fraction of sp³-hybridized carbons (Fsp3) is 0.812. The van der Waals surface area contributed by atoms with Crippen LogP contribution >= 0.6 is 0 Å². The molecule has 1 amide bonds. The van der Waals surface area contributed by atoms with Crippen LogP contribution in [0.15, 0.2) is 0 Å². The van der Waals surface area contributed by atoms with Gasteiger partial charge in [-0.15, -0.1) is 0 Å².